The van der Waals surface area contributed by atoms with Crippen LogP contribution in [-0.4, -0.2) is 8.41 Å². The summed E-state index contributed by atoms with van der Waals surface area (Å²) in [6, 6.07) is 52.7. The van der Waals surface area contributed by atoms with Crippen LogP contribution < -0.4 is 0 Å². The van der Waals surface area contributed by atoms with Crippen molar-refractivity contribution in [1.82, 2.24) is 0 Å². The molecular weight excluding hydrogens is 443 g/mol. The summed E-state index contributed by atoms with van der Waals surface area (Å²) in [6.07, 6.45) is 0. The summed E-state index contributed by atoms with van der Waals surface area (Å²) in [6.45, 7) is 0. The molecule has 0 aromatic heterocycles. The van der Waals surface area contributed by atoms with E-state index in [2.05, 4.69) is 146 Å². The summed E-state index contributed by atoms with van der Waals surface area (Å²) in [5, 5.41) is 7.70. The summed E-state index contributed by atoms with van der Waals surface area (Å²) in [5.41, 5.74) is 7.64. The maximum atomic E-state index is 2.32. The maximum Gasteiger partial charge on any atom is -0.00201 e. The second-order valence-corrected chi connectivity index (χ2v) is 9.28. The van der Waals surface area contributed by atoms with Gasteiger partial charge in [-0.25, -0.2) is 0 Å². The van der Waals surface area contributed by atoms with E-state index in [4.69, 9.17) is 0 Å². The molecule has 0 saturated heterocycles. The summed E-state index contributed by atoms with van der Waals surface area (Å²) in [5.74, 6) is 0. The maximum absolute atomic E-state index is 2.32. The van der Waals surface area contributed by atoms with Crippen LogP contribution in [0.4, 0.5) is 0 Å². The van der Waals surface area contributed by atoms with E-state index < -0.39 is 0 Å². The Hall–Kier alpha value is -4.62. The van der Waals surface area contributed by atoms with Crippen LogP contribution >= 0.6 is 0 Å². The minimum Gasteiger partial charge on any atom is -0.0626 e. The van der Waals surface area contributed by atoms with E-state index in [-0.39, 0.29) is 8.41 Å². The van der Waals surface area contributed by atoms with Crippen molar-refractivity contribution in [1.29, 1.82) is 0 Å². The Labute approximate surface area is 219 Å². The first kappa shape index (κ1) is 22.8. The van der Waals surface area contributed by atoms with Gasteiger partial charge < -0.3 is 0 Å². The lowest BCUT2D eigenvalue weighted by molar-refractivity contribution is 1.64. The van der Waals surface area contributed by atoms with Crippen molar-refractivity contribution in [3.8, 4) is 33.4 Å². The Bertz CT molecular complexity index is 1810. The van der Waals surface area contributed by atoms with Crippen LogP contribution in [0.5, 0.6) is 0 Å². The van der Waals surface area contributed by atoms with E-state index in [1.165, 1.54) is 65.7 Å². The van der Waals surface area contributed by atoms with Crippen LogP contribution in [0.25, 0.3) is 65.7 Å². The SMILES string of the molecule is [BH4-].c1ccc(-c2ccc(-c3c4ccccc4c(-c4ccccc4)c4ccccc34)c3ccccc23)cc1. The van der Waals surface area contributed by atoms with E-state index in [1.807, 2.05) is 0 Å². The fourth-order valence-corrected chi connectivity index (χ4v) is 5.72. The van der Waals surface area contributed by atoms with Crippen LogP contribution in [0.1, 0.15) is 0 Å². The van der Waals surface area contributed by atoms with Gasteiger partial charge in [0.2, 0.25) is 0 Å². The minimum absolute atomic E-state index is 0. The zero-order chi connectivity index (χ0) is 23.9. The van der Waals surface area contributed by atoms with Gasteiger partial charge in [-0.15, -0.1) is 0 Å². The number of rotatable bonds is 3. The highest BCUT2D eigenvalue weighted by molar-refractivity contribution is 6.24. The molecule has 0 bridgehead atoms. The van der Waals surface area contributed by atoms with E-state index in [1.54, 1.807) is 0 Å². The van der Waals surface area contributed by atoms with Crippen molar-refractivity contribution in [3.63, 3.8) is 0 Å². The summed E-state index contributed by atoms with van der Waals surface area (Å²) in [4.78, 5) is 0. The van der Waals surface area contributed by atoms with Gasteiger partial charge in [-0.2, -0.15) is 0 Å². The molecule has 7 aromatic carbocycles. The molecule has 0 fully saturated rings. The van der Waals surface area contributed by atoms with Gasteiger partial charge >= 0.3 is 0 Å². The van der Waals surface area contributed by atoms with Gasteiger partial charge in [-0.3, -0.25) is 0 Å². The molecule has 0 aliphatic rings. The van der Waals surface area contributed by atoms with Gasteiger partial charge in [-0.1, -0.05) is 154 Å². The third kappa shape index (κ3) is 3.72. The lowest BCUT2D eigenvalue weighted by atomic mass is 9.84. The third-order valence-corrected chi connectivity index (χ3v) is 7.27. The highest BCUT2D eigenvalue weighted by Gasteiger charge is 2.18. The lowest BCUT2D eigenvalue weighted by Gasteiger charge is -2.19. The molecule has 37 heavy (non-hydrogen) atoms. The topological polar surface area (TPSA) is 0 Å². The van der Waals surface area contributed by atoms with Crippen molar-refractivity contribution in [2.45, 2.75) is 0 Å². The number of hydrogen-bond donors (Lipinski definition) is 0. The average molecular weight is 471 g/mol. The van der Waals surface area contributed by atoms with Crippen LogP contribution in [0.3, 0.4) is 0 Å². The second-order valence-electron chi connectivity index (χ2n) is 9.28. The number of benzene rings is 7. The smallest absolute Gasteiger partial charge is 0.00201 e. The van der Waals surface area contributed by atoms with Crippen molar-refractivity contribution in [2.24, 2.45) is 0 Å². The van der Waals surface area contributed by atoms with Crippen molar-refractivity contribution >= 4 is 40.7 Å². The zero-order valence-electron chi connectivity index (χ0n) is 19.9. The quantitative estimate of drug-likeness (QED) is 0.179. The molecule has 176 valence electrons. The third-order valence-electron chi connectivity index (χ3n) is 7.27. The molecule has 0 radical (unpaired) electrons. The van der Waals surface area contributed by atoms with Gasteiger partial charge in [0, 0.05) is 0 Å². The normalized spacial score (nSPS) is 11.0. The fraction of sp³-hybridized carbons (Fsp3) is 0. The first-order valence-corrected chi connectivity index (χ1v) is 12.5. The van der Waals surface area contributed by atoms with Gasteiger partial charge in [0.25, 0.3) is 0 Å². The van der Waals surface area contributed by atoms with E-state index in [9.17, 15) is 0 Å². The highest BCUT2D eigenvalue weighted by atomic mass is 14.2. The second kappa shape index (κ2) is 9.45. The largest absolute Gasteiger partial charge is 0.0626 e. The molecule has 0 aliphatic heterocycles. The molecule has 0 atom stereocenters. The van der Waals surface area contributed by atoms with E-state index >= 15 is 0 Å². The molecule has 0 unspecified atom stereocenters. The summed E-state index contributed by atoms with van der Waals surface area (Å²) >= 11 is 0. The molecule has 0 amide bonds. The van der Waals surface area contributed by atoms with Gasteiger partial charge in [0.1, 0.15) is 0 Å². The fourth-order valence-electron chi connectivity index (χ4n) is 5.72. The molecular formula is C36H28B-. The Morgan fingerprint density at radius 1 is 0.243 bits per heavy atom. The molecule has 1 heteroatoms. The molecule has 0 aliphatic carbocycles. The predicted octanol–water partition coefficient (Wildman–Crippen LogP) is 8.70. The van der Waals surface area contributed by atoms with Gasteiger partial charge in [0.15, 0.2) is 0 Å². The number of fused-ring (bicyclic) bond motifs is 3. The molecule has 0 heterocycles. The van der Waals surface area contributed by atoms with Crippen molar-refractivity contribution in [2.75, 3.05) is 0 Å². The summed E-state index contributed by atoms with van der Waals surface area (Å²) in [7, 11) is 0. The molecule has 0 saturated carbocycles. The average Bonchev–Trinajstić information content (AvgIpc) is 2.96. The standard InChI is InChI=1S/C36H24.BH4/c1-3-13-25(14-4-1)27-23-24-34(29-18-8-7-17-28(27)29)36-32-21-11-9-19-30(32)35(26-15-5-2-6-16-26)31-20-10-12-22-33(31)36;/h1-24H;1H4/q;-1. The zero-order valence-corrected chi connectivity index (χ0v) is 19.9. The van der Waals surface area contributed by atoms with Crippen molar-refractivity contribution < 1.29 is 0 Å². The van der Waals surface area contributed by atoms with E-state index in [0.717, 1.165) is 0 Å². The molecule has 0 nitrogen and oxygen atoms in total. The summed E-state index contributed by atoms with van der Waals surface area (Å²) < 4.78 is 0. The van der Waals surface area contributed by atoms with Crippen molar-refractivity contribution in [3.05, 3.63) is 146 Å². The monoisotopic (exact) mass is 471 g/mol. The van der Waals surface area contributed by atoms with Crippen LogP contribution in [0, 0.1) is 0 Å². The molecule has 0 spiro atoms. The minimum atomic E-state index is 0. The van der Waals surface area contributed by atoms with Crippen LogP contribution in [-0.2, 0) is 0 Å². The Balaban J connectivity index is 0.00000252. The lowest BCUT2D eigenvalue weighted by Crippen LogP contribution is -1.92. The predicted molar refractivity (Wildman–Crippen MR) is 167 cm³/mol. The molecule has 7 aromatic rings. The highest BCUT2D eigenvalue weighted by Crippen LogP contribution is 2.46. The Morgan fingerprint density at radius 2 is 0.595 bits per heavy atom. The first-order valence-electron chi connectivity index (χ1n) is 12.5. The Kier molecular flexibility index (Phi) is 5.83. The Morgan fingerprint density at radius 3 is 1.11 bits per heavy atom. The van der Waals surface area contributed by atoms with Crippen LogP contribution in [0.15, 0.2) is 146 Å². The number of hydrogen-bond acceptors (Lipinski definition) is 0. The van der Waals surface area contributed by atoms with Crippen LogP contribution in [0.2, 0.25) is 0 Å². The van der Waals surface area contributed by atoms with Gasteiger partial charge in [-0.05, 0) is 65.7 Å². The van der Waals surface area contributed by atoms with Gasteiger partial charge in [0.05, 0.1) is 0 Å². The van der Waals surface area contributed by atoms with E-state index in [0.29, 0.717) is 0 Å². The molecule has 7 rings (SSSR count). The molecule has 0 N–H and O–H groups in total. The first-order chi connectivity index (χ1) is 17.9.